The number of amides is 3. The number of fused-ring (bicyclic) bond motifs is 1. The number of carbonyl (C=O) groups excluding carboxylic acids is 2. The first-order chi connectivity index (χ1) is 14.8. The molecular weight excluding hydrogens is 419 g/mol. The highest BCUT2D eigenvalue weighted by atomic mass is 32.1. The number of piperidine rings is 1. The van der Waals surface area contributed by atoms with Crippen molar-refractivity contribution in [2.75, 3.05) is 18.4 Å². The summed E-state index contributed by atoms with van der Waals surface area (Å²) in [6.45, 7) is 4.97. The summed E-state index contributed by atoms with van der Waals surface area (Å²) in [5, 5.41) is 5.30. The average Bonchev–Trinajstić information content (AvgIpc) is 3.20. The molecule has 1 saturated heterocycles. The zero-order valence-corrected chi connectivity index (χ0v) is 18.3. The van der Waals surface area contributed by atoms with E-state index < -0.39 is 11.8 Å². The summed E-state index contributed by atoms with van der Waals surface area (Å²) in [7, 11) is 0. The zero-order chi connectivity index (χ0) is 22.1. The number of rotatable bonds is 4. The first-order valence-corrected chi connectivity index (χ1v) is 11.0. The lowest BCUT2D eigenvalue weighted by molar-refractivity contribution is -0.131. The Kier molecular flexibility index (Phi) is 5.86. The van der Waals surface area contributed by atoms with Gasteiger partial charge in [0.05, 0.1) is 24.5 Å². The van der Waals surface area contributed by atoms with Crippen LogP contribution in [0.5, 0.6) is 5.75 Å². The zero-order valence-electron chi connectivity index (χ0n) is 17.5. The molecule has 1 unspecified atom stereocenters. The maximum absolute atomic E-state index is 14.1. The second-order valence-corrected chi connectivity index (χ2v) is 8.76. The van der Waals surface area contributed by atoms with Crippen LogP contribution in [0.1, 0.15) is 37.1 Å². The molecular formula is C22H25FN4O3S. The van der Waals surface area contributed by atoms with E-state index in [4.69, 9.17) is 10.5 Å². The number of primary amides is 1. The summed E-state index contributed by atoms with van der Waals surface area (Å²) in [6.07, 6.45) is 1.39. The number of hydrogen-bond donors (Lipinski definition) is 2. The minimum Gasteiger partial charge on any atom is -0.486 e. The van der Waals surface area contributed by atoms with Crippen molar-refractivity contribution in [3.05, 3.63) is 51.6 Å². The molecule has 2 aliphatic heterocycles. The van der Waals surface area contributed by atoms with Crippen LogP contribution in [-0.2, 0) is 11.3 Å². The van der Waals surface area contributed by atoms with E-state index in [1.807, 2.05) is 18.4 Å². The minimum atomic E-state index is -0.530. The van der Waals surface area contributed by atoms with Gasteiger partial charge in [-0.25, -0.2) is 9.18 Å². The van der Waals surface area contributed by atoms with Crippen LogP contribution in [0.3, 0.4) is 0 Å². The third-order valence-corrected chi connectivity index (χ3v) is 6.58. The van der Waals surface area contributed by atoms with E-state index in [9.17, 15) is 14.0 Å². The minimum absolute atomic E-state index is 0.00501. The number of halogens is 1. The van der Waals surface area contributed by atoms with Crippen LogP contribution < -0.4 is 15.8 Å². The fourth-order valence-corrected chi connectivity index (χ4v) is 4.88. The molecule has 0 bridgehead atoms. The van der Waals surface area contributed by atoms with Gasteiger partial charge in [0.15, 0.2) is 0 Å². The van der Waals surface area contributed by atoms with E-state index in [0.29, 0.717) is 36.8 Å². The molecule has 9 heteroatoms. The Labute approximate surface area is 184 Å². The van der Waals surface area contributed by atoms with E-state index in [-0.39, 0.29) is 12.0 Å². The molecule has 2 aromatic rings. The Balaban J connectivity index is 1.64. The quantitative estimate of drug-likeness (QED) is 0.747. The van der Waals surface area contributed by atoms with E-state index in [1.54, 1.807) is 29.2 Å². The number of nitrogens with zero attached hydrogens (tertiary/aromatic N) is 2. The molecule has 1 aromatic heterocycles. The maximum Gasteiger partial charge on any atom is 0.319 e. The van der Waals surface area contributed by atoms with Gasteiger partial charge in [0.25, 0.3) is 0 Å². The molecule has 1 fully saturated rings. The van der Waals surface area contributed by atoms with Crippen LogP contribution in [0.4, 0.5) is 14.9 Å². The van der Waals surface area contributed by atoms with Crippen molar-refractivity contribution < 1.29 is 18.7 Å². The summed E-state index contributed by atoms with van der Waals surface area (Å²) in [5.74, 6) is -0.0433. The summed E-state index contributed by atoms with van der Waals surface area (Å²) >= 11 is 1.55. The number of allylic oxidation sites excluding steroid dienone is 1. The van der Waals surface area contributed by atoms with Crippen molar-refractivity contribution in [3.63, 3.8) is 0 Å². The SMILES string of the molecule is CC(=O)N1CCCC(Oc2cc(F)ccc2NC2=C(C)N(C(N)=O)Cc3sccc32)C1. The first kappa shape index (κ1) is 21.2. The fraction of sp³-hybridized carbons (Fsp3) is 0.364. The molecule has 4 rings (SSSR count). The van der Waals surface area contributed by atoms with Crippen molar-refractivity contribution >= 4 is 34.7 Å². The van der Waals surface area contributed by atoms with E-state index >= 15 is 0 Å². The number of benzene rings is 1. The highest BCUT2D eigenvalue weighted by Crippen LogP contribution is 2.38. The number of ether oxygens (including phenoxy) is 1. The van der Waals surface area contributed by atoms with Crippen molar-refractivity contribution in [2.24, 2.45) is 5.73 Å². The summed E-state index contributed by atoms with van der Waals surface area (Å²) < 4.78 is 20.2. The third-order valence-electron chi connectivity index (χ3n) is 5.67. The van der Waals surface area contributed by atoms with Crippen LogP contribution in [0, 0.1) is 5.82 Å². The number of likely N-dealkylation sites (tertiary alicyclic amines) is 1. The molecule has 0 saturated carbocycles. The average molecular weight is 445 g/mol. The summed E-state index contributed by atoms with van der Waals surface area (Å²) in [5.41, 5.74) is 8.56. The Bertz CT molecular complexity index is 1050. The number of carbonyl (C=O) groups is 2. The van der Waals surface area contributed by atoms with Crippen LogP contribution in [-0.4, -0.2) is 40.9 Å². The molecule has 3 heterocycles. The Morgan fingerprint density at radius 2 is 2.13 bits per heavy atom. The lowest BCUT2D eigenvalue weighted by Gasteiger charge is -2.33. The normalized spacial score (nSPS) is 18.6. The van der Waals surface area contributed by atoms with Crippen LogP contribution in [0.2, 0.25) is 0 Å². The number of thiophene rings is 1. The van der Waals surface area contributed by atoms with E-state index in [1.165, 1.54) is 17.0 Å². The first-order valence-electron chi connectivity index (χ1n) is 10.2. The molecule has 0 aliphatic carbocycles. The number of nitrogens with one attached hydrogen (secondary N) is 1. The molecule has 164 valence electrons. The molecule has 7 nitrogen and oxygen atoms in total. The van der Waals surface area contributed by atoms with Gasteiger partial charge in [-0.2, -0.15) is 0 Å². The van der Waals surface area contributed by atoms with Gasteiger partial charge in [0, 0.05) is 35.7 Å². The number of anilines is 1. The fourth-order valence-electron chi connectivity index (χ4n) is 4.01. The molecule has 0 spiro atoms. The smallest absolute Gasteiger partial charge is 0.319 e. The Hall–Kier alpha value is -3.07. The lowest BCUT2D eigenvalue weighted by Crippen LogP contribution is -2.43. The number of hydrogen-bond acceptors (Lipinski definition) is 5. The van der Waals surface area contributed by atoms with Gasteiger partial charge < -0.3 is 20.7 Å². The highest BCUT2D eigenvalue weighted by molar-refractivity contribution is 7.10. The second kappa shape index (κ2) is 8.58. The topological polar surface area (TPSA) is 87.9 Å². The molecule has 2 aliphatic rings. The monoisotopic (exact) mass is 444 g/mol. The van der Waals surface area contributed by atoms with Crippen LogP contribution in [0.15, 0.2) is 35.3 Å². The van der Waals surface area contributed by atoms with E-state index in [0.717, 1.165) is 29.0 Å². The standard InChI is InChI=1S/C22H25FN4O3S/c1-13-21(17-7-9-31-20(17)12-27(13)22(24)29)25-18-6-5-15(23)10-19(18)30-16-4-3-8-26(11-16)14(2)28/h5-7,9-10,16,25H,3-4,8,11-12H2,1-2H3,(H2,24,29). The van der Waals surface area contributed by atoms with Gasteiger partial charge in [-0.15, -0.1) is 11.3 Å². The molecule has 3 amide bonds. The van der Waals surface area contributed by atoms with Gasteiger partial charge >= 0.3 is 6.03 Å². The van der Waals surface area contributed by atoms with Crippen LogP contribution in [0.25, 0.3) is 5.70 Å². The molecule has 1 atom stereocenters. The van der Waals surface area contributed by atoms with Crippen molar-refractivity contribution in [1.29, 1.82) is 0 Å². The van der Waals surface area contributed by atoms with Gasteiger partial charge in [-0.05, 0) is 43.3 Å². The molecule has 1 aromatic carbocycles. The number of nitrogens with two attached hydrogens (primary N) is 1. The molecule has 31 heavy (non-hydrogen) atoms. The number of urea groups is 1. The van der Waals surface area contributed by atoms with Crippen LogP contribution >= 0.6 is 11.3 Å². The highest BCUT2D eigenvalue weighted by Gasteiger charge is 2.28. The lowest BCUT2D eigenvalue weighted by atomic mass is 10.1. The van der Waals surface area contributed by atoms with Gasteiger partial charge in [0.1, 0.15) is 17.7 Å². The van der Waals surface area contributed by atoms with Crippen molar-refractivity contribution in [1.82, 2.24) is 9.80 Å². The largest absolute Gasteiger partial charge is 0.486 e. The molecule has 3 N–H and O–H groups in total. The van der Waals surface area contributed by atoms with Gasteiger partial charge in [-0.1, -0.05) is 0 Å². The second-order valence-electron chi connectivity index (χ2n) is 7.75. The van der Waals surface area contributed by atoms with Gasteiger partial charge in [0.2, 0.25) is 5.91 Å². The summed E-state index contributed by atoms with van der Waals surface area (Å²) in [6, 6.07) is 5.77. The predicted molar refractivity (Wildman–Crippen MR) is 118 cm³/mol. The van der Waals surface area contributed by atoms with Crippen molar-refractivity contribution in [2.45, 2.75) is 39.3 Å². The maximum atomic E-state index is 14.1. The summed E-state index contributed by atoms with van der Waals surface area (Å²) in [4.78, 5) is 28.0. The third kappa shape index (κ3) is 4.36. The van der Waals surface area contributed by atoms with Crippen molar-refractivity contribution in [3.8, 4) is 5.75 Å². The predicted octanol–water partition coefficient (Wildman–Crippen LogP) is 3.97. The Morgan fingerprint density at radius 1 is 1.32 bits per heavy atom. The molecule has 0 radical (unpaired) electrons. The van der Waals surface area contributed by atoms with Gasteiger partial charge in [-0.3, -0.25) is 9.69 Å². The Morgan fingerprint density at radius 3 is 2.87 bits per heavy atom. The van der Waals surface area contributed by atoms with E-state index in [2.05, 4.69) is 5.32 Å².